The molecule has 0 bridgehead atoms. The van der Waals surface area contributed by atoms with E-state index in [1.54, 1.807) is 12.0 Å². The minimum atomic E-state index is -0.700. The third-order valence-corrected chi connectivity index (χ3v) is 7.12. The van der Waals surface area contributed by atoms with Gasteiger partial charge in [-0.1, -0.05) is 24.6 Å². The second kappa shape index (κ2) is 9.90. The standard InChI is InChI=1S/C24H34N4O4/c1-32-16-6-13-25-21(29)17-27-18-28(20-9-3-2-4-10-20)24(23(27)31)11-14-26(15-12-24)22(30)19-7-5-8-19/h2-4,9-10,19H,5-8,11-18H2,1H3,(H,25,29). The minimum Gasteiger partial charge on any atom is -0.385 e. The summed E-state index contributed by atoms with van der Waals surface area (Å²) in [6.07, 6.45) is 5.03. The van der Waals surface area contributed by atoms with Crippen molar-refractivity contribution in [1.29, 1.82) is 0 Å². The number of benzene rings is 1. The number of anilines is 1. The maximum atomic E-state index is 13.6. The fraction of sp³-hybridized carbons (Fsp3) is 0.625. The van der Waals surface area contributed by atoms with Gasteiger partial charge in [-0.15, -0.1) is 0 Å². The molecule has 0 radical (unpaired) electrons. The molecule has 4 rings (SSSR count). The lowest BCUT2D eigenvalue weighted by Crippen LogP contribution is -2.58. The lowest BCUT2D eigenvalue weighted by Gasteiger charge is -2.44. The summed E-state index contributed by atoms with van der Waals surface area (Å²) in [7, 11) is 1.63. The number of methoxy groups -OCH3 is 1. The van der Waals surface area contributed by atoms with Crippen molar-refractivity contribution in [1.82, 2.24) is 15.1 Å². The van der Waals surface area contributed by atoms with Crippen LogP contribution < -0.4 is 10.2 Å². The second-order valence-corrected chi connectivity index (χ2v) is 9.09. The predicted octanol–water partition coefficient (Wildman–Crippen LogP) is 1.61. The Kier molecular flexibility index (Phi) is 6.98. The average molecular weight is 443 g/mol. The Morgan fingerprint density at radius 2 is 1.88 bits per heavy atom. The van der Waals surface area contributed by atoms with Crippen LogP contribution in [0.4, 0.5) is 5.69 Å². The summed E-state index contributed by atoms with van der Waals surface area (Å²) < 4.78 is 5.01. The largest absolute Gasteiger partial charge is 0.385 e. The molecule has 2 saturated heterocycles. The van der Waals surface area contributed by atoms with Gasteiger partial charge in [0.2, 0.25) is 11.8 Å². The van der Waals surface area contributed by atoms with Crippen molar-refractivity contribution in [2.75, 3.05) is 51.5 Å². The average Bonchev–Trinajstić information content (AvgIpc) is 3.03. The van der Waals surface area contributed by atoms with Crippen LogP contribution >= 0.6 is 0 Å². The molecule has 1 spiro atoms. The molecule has 1 aromatic carbocycles. The molecule has 8 heteroatoms. The Morgan fingerprint density at radius 3 is 2.50 bits per heavy atom. The Hall–Kier alpha value is -2.61. The quantitative estimate of drug-likeness (QED) is 0.619. The van der Waals surface area contributed by atoms with E-state index in [1.165, 1.54) is 0 Å². The van der Waals surface area contributed by atoms with Gasteiger partial charge in [0.1, 0.15) is 12.1 Å². The summed E-state index contributed by atoms with van der Waals surface area (Å²) in [4.78, 5) is 44.6. The normalized spacial score (nSPS) is 20.5. The topological polar surface area (TPSA) is 82.2 Å². The Balaban J connectivity index is 1.46. The first-order valence-corrected chi connectivity index (χ1v) is 11.7. The molecule has 1 saturated carbocycles. The molecule has 2 heterocycles. The van der Waals surface area contributed by atoms with E-state index in [0.29, 0.717) is 45.8 Å². The highest BCUT2D eigenvalue weighted by molar-refractivity contribution is 5.96. The lowest BCUT2D eigenvalue weighted by molar-refractivity contribution is -0.143. The highest BCUT2D eigenvalue weighted by atomic mass is 16.5. The molecule has 0 atom stereocenters. The van der Waals surface area contributed by atoms with Crippen LogP contribution in [0, 0.1) is 5.92 Å². The van der Waals surface area contributed by atoms with Gasteiger partial charge in [0.15, 0.2) is 0 Å². The number of para-hydroxylation sites is 1. The molecule has 1 aromatic rings. The van der Waals surface area contributed by atoms with E-state index in [2.05, 4.69) is 10.2 Å². The van der Waals surface area contributed by atoms with Crippen molar-refractivity contribution >= 4 is 23.4 Å². The SMILES string of the molecule is COCCCNC(=O)CN1CN(c2ccccc2)C2(CCN(C(=O)C3CCC3)CC2)C1=O. The molecule has 32 heavy (non-hydrogen) atoms. The van der Waals surface area contributed by atoms with Gasteiger partial charge in [-0.2, -0.15) is 0 Å². The van der Waals surface area contributed by atoms with E-state index in [0.717, 1.165) is 31.4 Å². The van der Waals surface area contributed by atoms with Gasteiger partial charge in [0.25, 0.3) is 5.91 Å². The van der Waals surface area contributed by atoms with Gasteiger partial charge in [-0.3, -0.25) is 14.4 Å². The first kappa shape index (κ1) is 22.6. The van der Waals surface area contributed by atoms with Crippen LogP contribution in [0.1, 0.15) is 38.5 Å². The zero-order chi connectivity index (χ0) is 22.6. The number of ether oxygens (including phenoxy) is 1. The van der Waals surface area contributed by atoms with E-state index in [4.69, 9.17) is 4.74 Å². The molecular formula is C24H34N4O4. The lowest BCUT2D eigenvalue weighted by atomic mass is 9.81. The van der Waals surface area contributed by atoms with Gasteiger partial charge in [-0.05, 0) is 44.2 Å². The van der Waals surface area contributed by atoms with Crippen LogP contribution in [-0.4, -0.2) is 79.6 Å². The number of likely N-dealkylation sites (tertiary alicyclic amines) is 1. The van der Waals surface area contributed by atoms with E-state index >= 15 is 0 Å². The molecule has 3 fully saturated rings. The molecule has 3 aliphatic rings. The van der Waals surface area contributed by atoms with Gasteiger partial charge in [0, 0.05) is 45.0 Å². The van der Waals surface area contributed by atoms with Gasteiger partial charge in [-0.25, -0.2) is 0 Å². The van der Waals surface area contributed by atoms with Crippen molar-refractivity contribution in [3.8, 4) is 0 Å². The molecule has 8 nitrogen and oxygen atoms in total. The highest BCUT2D eigenvalue weighted by Crippen LogP contribution is 2.40. The molecule has 0 unspecified atom stereocenters. The van der Waals surface area contributed by atoms with Crippen molar-refractivity contribution in [2.24, 2.45) is 5.92 Å². The number of carbonyl (C=O) groups excluding carboxylic acids is 3. The zero-order valence-electron chi connectivity index (χ0n) is 18.9. The Bertz CT molecular complexity index is 819. The molecule has 174 valence electrons. The Morgan fingerprint density at radius 1 is 1.16 bits per heavy atom. The van der Waals surface area contributed by atoms with Crippen LogP contribution in [0.3, 0.4) is 0 Å². The maximum absolute atomic E-state index is 13.6. The third kappa shape index (κ3) is 4.46. The molecular weight excluding hydrogens is 408 g/mol. The number of carbonyl (C=O) groups is 3. The maximum Gasteiger partial charge on any atom is 0.250 e. The number of nitrogens with one attached hydrogen (secondary N) is 1. The number of amides is 3. The van der Waals surface area contributed by atoms with Gasteiger partial charge < -0.3 is 24.8 Å². The van der Waals surface area contributed by atoms with Crippen LogP contribution in [-0.2, 0) is 19.1 Å². The summed E-state index contributed by atoms with van der Waals surface area (Å²) in [6.45, 7) is 2.71. The summed E-state index contributed by atoms with van der Waals surface area (Å²) in [6, 6.07) is 9.91. The number of hydrogen-bond acceptors (Lipinski definition) is 5. The summed E-state index contributed by atoms with van der Waals surface area (Å²) in [5.41, 5.74) is 0.274. The van der Waals surface area contributed by atoms with Crippen molar-refractivity contribution in [2.45, 2.75) is 44.1 Å². The molecule has 2 aliphatic heterocycles. The zero-order valence-corrected chi connectivity index (χ0v) is 18.9. The van der Waals surface area contributed by atoms with E-state index in [1.807, 2.05) is 35.2 Å². The van der Waals surface area contributed by atoms with Crippen molar-refractivity contribution < 1.29 is 19.1 Å². The highest BCUT2D eigenvalue weighted by Gasteiger charge is 2.54. The first-order valence-electron chi connectivity index (χ1n) is 11.7. The van der Waals surface area contributed by atoms with Crippen LogP contribution in [0.25, 0.3) is 0 Å². The monoisotopic (exact) mass is 442 g/mol. The summed E-state index contributed by atoms with van der Waals surface area (Å²) in [5.74, 6) is 0.253. The molecule has 3 amide bonds. The first-order chi connectivity index (χ1) is 15.5. The van der Waals surface area contributed by atoms with E-state index in [-0.39, 0.29) is 30.2 Å². The predicted molar refractivity (Wildman–Crippen MR) is 121 cm³/mol. The fourth-order valence-corrected chi connectivity index (χ4v) is 5.01. The van der Waals surface area contributed by atoms with Gasteiger partial charge >= 0.3 is 0 Å². The van der Waals surface area contributed by atoms with Crippen molar-refractivity contribution in [3.05, 3.63) is 30.3 Å². The minimum absolute atomic E-state index is 0.0101. The molecule has 1 aliphatic carbocycles. The number of rotatable bonds is 8. The van der Waals surface area contributed by atoms with E-state index in [9.17, 15) is 14.4 Å². The molecule has 1 N–H and O–H groups in total. The summed E-state index contributed by atoms with van der Waals surface area (Å²) in [5, 5.41) is 2.87. The van der Waals surface area contributed by atoms with Crippen LogP contribution in [0.5, 0.6) is 0 Å². The van der Waals surface area contributed by atoms with E-state index < -0.39 is 5.54 Å². The van der Waals surface area contributed by atoms with Crippen LogP contribution in [0.15, 0.2) is 30.3 Å². The fourth-order valence-electron chi connectivity index (χ4n) is 5.01. The Labute approximate surface area is 189 Å². The van der Waals surface area contributed by atoms with Crippen LogP contribution in [0.2, 0.25) is 0 Å². The summed E-state index contributed by atoms with van der Waals surface area (Å²) >= 11 is 0. The third-order valence-electron chi connectivity index (χ3n) is 7.12. The number of nitrogens with zero attached hydrogens (tertiary/aromatic N) is 3. The second-order valence-electron chi connectivity index (χ2n) is 9.09. The smallest absolute Gasteiger partial charge is 0.250 e. The number of piperidine rings is 1. The number of hydrogen-bond donors (Lipinski definition) is 1. The van der Waals surface area contributed by atoms with Gasteiger partial charge in [0.05, 0.1) is 6.67 Å². The van der Waals surface area contributed by atoms with Crippen molar-refractivity contribution in [3.63, 3.8) is 0 Å². The molecule has 0 aromatic heterocycles.